The summed E-state index contributed by atoms with van der Waals surface area (Å²) in [5, 5.41) is 9.20. The van der Waals surface area contributed by atoms with E-state index in [9.17, 15) is 5.11 Å². The standard InChI is InChI=1S/C14H20O2/c1-3-5-8-14(11-15)16-13-9-6-7-12(4-2)10-13/h4,6-7,9-10,14-15H,2-3,5,8,11H2,1H3. The number of hydrogen-bond donors (Lipinski definition) is 1. The predicted molar refractivity (Wildman–Crippen MR) is 67.6 cm³/mol. The second-order valence-electron chi connectivity index (χ2n) is 3.84. The molecule has 0 saturated carbocycles. The Labute approximate surface area is 97.6 Å². The van der Waals surface area contributed by atoms with Crippen molar-refractivity contribution in [2.75, 3.05) is 6.61 Å². The first-order valence-corrected chi connectivity index (χ1v) is 5.80. The highest BCUT2D eigenvalue weighted by atomic mass is 16.5. The maximum Gasteiger partial charge on any atom is 0.122 e. The first kappa shape index (κ1) is 12.8. The summed E-state index contributed by atoms with van der Waals surface area (Å²) in [7, 11) is 0. The lowest BCUT2D eigenvalue weighted by Crippen LogP contribution is -2.20. The molecule has 1 aromatic carbocycles. The maximum atomic E-state index is 9.20. The Morgan fingerprint density at radius 1 is 1.50 bits per heavy atom. The van der Waals surface area contributed by atoms with Crippen LogP contribution >= 0.6 is 0 Å². The third-order valence-corrected chi connectivity index (χ3v) is 2.48. The van der Waals surface area contributed by atoms with Crippen LogP contribution in [0.15, 0.2) is 30.8 Å². The van der Waals surface area contributed by atoms with Gasteiger partial charge in [0.1, 0.15) is 11.9 Å². The molecule has 0 amide bonds. The molecule has 1 aromatic rings. The number of unbranched alkanes of at least 4 members (excludes halogenated alkanes) is 1. The Morgan fingerprint density at radius 3 is 2.94 bits per heavy atom. The quantitative estimate of drug-likeness (QED) is 0.764. The molecule has 0 fully saturated rings. The summed E-state index contributed by atoms with van der Waals surface area (Å²) in [5.41, 5.74) is 1.03. The molecule has 0 aliphatic carbocycles. The molecule has 0 aliphatic rings. The van der Waals surface area contributed by atoms with E-state index in [4.69, 9.17) is 4.74 Å². The fraction of sp³-hybridized carbons (Fsp3) is 0.429. The largest absolute Gasteiger partial charge is 0.488 e. The molecule has 88 valence electrons. The van der Waals surface area contributed by atoms with Gasteiger partial charge < -0.3 is 9.84 Å². The van der Waals surface area contributed by atoms with Gasteiger partial charge in [0, 0.05) is 0 Å². The van der Waals surface area contributed by atoms with Gasteiger partial charge in [-0.05, 0) is 30.5 Å². The number of benzene rings is 1. The number of ether oxygens (including phenoxy) is 1. The van der Waals surface area contributed by atoms with Crippen LogP contribution in [0.4, 0.5) is 0 Å². The normalized spacial score (nSPS) is 12.1. The molecule has 2 heteroatoms. The van der Waals surface area contributed by atoms with Crippen molar-refractivity contribution in [1.29, 1.82) is 0 Å². The van der Waals surface area contributed by atoms with Gasteiger partial charge in [0.25, 0.3) is 0 Å². The molecule has 0 heterocycles. The zero-order valence-electron chi connectivity index (χ0n) is 9.86. The van der Waals surface area contributed by atoms with Gasteiger partial charge in [0.2, 0.25) is 0 Å². The van der Waals surface area contributed by atoms with E-state index in [0.29, 0.717) is 0 Å². The minimum Gasteiger partial charge on any atom is -0.488 e. The van der Waals surface area contributed by atoms with Crippen molar-refractivity contribution < 1.29 is 9.84 Å². The second kappa shape index (κ2) is 7.07. The average Bonchev–Trinajstić information content (AvgIpc) is 2.34. The van der Waals surface area contributed by atoms with Crippen LogP contribution in [0.2, 0.25) is 0 Å². The van der Waals surface area contributed by atoms with Crippen molar-refractivity contribution in [2.24, 2.45) is 0 Å². The summed E-state index contributed by atoms with van der Waals surface area (Å²) < 4.78 is 5.71. The highest BCUT2D eigenvalue weighted by molar-refractivity contribution is 5.49. The maximum absolute atomic E-state index is 9.20. The highest BCUT2D eigenvalue weighted by Crippen LogP contribution is 2.17. The van der Waals surface area contributed by atoms with Crippen molar-refractivity contribution in [2.45, 2.75) is 32.3 Å². The molecule has 1 unspecified atom stereocenters. The van der Waals surface area contributed by atoms with E-state index in [0.717, 1.165) is 30.6 Å². The van der Waals surface area contributed by atoms with Crippen LogP contribution in [-0.4, -0.2) is 17.8 Å². The molecule has 0 radical (unpaired) electrons. The summed E-state index contributed by atoms with van der Waals surface area (Å²) >= 11 is 0. The van der Waals surface area contributed by atoms with Crippen LogP contribution in [0.5, 0.6) is 5.75 Å². The molecule has 16 heavy (non-hydrogen) atoms. The van der Waals surface area contributed by atoms with Crippen LogP contribution in [0.3, 0.4) is 0 Å². The van der Waals surface area contributed by atoms with Gasteiger partial charge in [-0.2, -0.15) is 0 Å². The van der Waals surface area contributed by atoms with E-state index in [-0.39, 0.29) is 12.7 Å². The molecule has 0 aliphatic heterocycles. The molecular formula is C14H20O2. The zero-order valence-corrected chi connectivity index (χ0v) is 9.86. The minimum absolute atomic E-state index is 0.0678. The van der Waals surface area contributed by atoms with Gasteiger partial charge in [0.15, 0.2) is 0 Å². The molecule has 2 nitrogen and oxygen atoms in total. The molecule has 1 N–H and O–H groups in total. The van der Waals surface area contributed by atoms with Crippen LogP contribution < -0.4 is 4.74 Å². The Balaban J connectivity index is 2.58. The first-order chi connectivity index (χ1) is 7.80. The van der Waals surface area contributed by atoms with Crippen molar-refractivity contribution in [3.63, 3.8) is 0 Å². The van der Waals surface area contributed by atoms with Crippen LogP contribution in [0.1, 0.15) is 31.7 Å². The van der Waals surface area contributed by atoms with Gasteiger partial charge >= 0.3 is 0 Å². The topological polar surface area (TPSA) is 29.5 Å². The van der Waals surface area contributed by atoms with Gasteiger partial charge in [-0.1, -0.05) is 38.1 Å². The zero-order chi connectivity index (χ0) is 11.8. The molecule has 0 saturated heterocycles. The van der Waals surface area contributed by atoms with Crippen molar-refractivity contribution in [3.05, 3.63) is 36.4 Å². The number of hydrogen-bond acceptors (Lipinski definition) is 2. The van der Waals surface area contributed by atoms with Gasteiger partial charge in [-0.3, -0.25) is 0 Å². The molecule has 0 spiro atoms. The lowest BCUT2D eigenvalue weighted by atomic mass is 10.1. The third kappa shape index (κ3) is 4.07. The number of aliphatic hydroxyl groups is 1. The van der Waals surface area contributed by atoms with Crippen LogP contribution in [0, 0.1) is 0 Å². The van der Waals surface area contributed by atoms with E-state index in [1.165, 1.54) is 0 Å². The Bertz CT molecular complexity index is 320. The van der Waals surface area contributed by atoms with E-state index in [1.54, 1.807) is 6.08 Å². The molecule has 1 rings (SSSR count). The third-order valence-electron chi connectivity index (χ3n) is 2.48. The van der Waals surface area contributed by atoms with Crippen LogP contribution in [-0.2, 0) is 0 Å². The fourth-order valence-electron chi connectivity index (χ4n) is 1.53. The smallest absolute Gasteiger partial charge is 0.122 e. The number of aliphatic hydroxyl groups excluding tert-OH is 1. The molecule has 0 aromatic heterocycles. The molecule has 0 bridgehead atoms. The summed E-state index contributed by atoms with van der Waals surface area (Å²) in [6.45, 7) is 5.92. The SMILES string of the molecule is C=Cc1cccc(OC(CO)CCCC)c1. The lowest BCUT2D eigenvalue weighted by molar-refractivity contribution is 0.107. The van der Waals surface area contributed by atoms with E-state index < -0.39 is 0 Å². The molecular weight excluding hydrogens is 200 g/mol. The summed E-state index contributed by atoms with van der Waals surface area (Å²) in [4.78, 5) is 0. The second-order valence-corrected chi connectivity index (χ2v) is 3.84. The first-order valence-electron chi connectivity index (χ1n) is 5.80. The van der Waals surface area contributed by atoms with E-state index in [2.05, 4.69) is 13.5 Å². The van der Waals surface area contributed by atoms with Gasteiger partial charge in [0.05, 0.1) is 6.61 Å². The molecule has 1 atom stereocenters. The van der Waals surface area contributed by atoms with Crippen molar-refractivity contribution in [1.82, 2.24) is 0 Å². The van der Waals surface area contributed by atoms with Crippen molar-refractivity contribution >= 4 is 6.08 Å². The summed E-state index contributed by atoms with van der Waals surface area (Å²) in [6, 6.07) is 7.74. The number of rotatable bonds is 7. The average molecular weight is 220 g/mol. The minimum atomic E-state index is -0.0972. The lowest BCUT2D eigenvalue weighted by Gasteiger charge is -2.16. The van der Waals surface area contributed by atoms with Gasteiger partial charge in [-0.15, -0.1) is 0 Å². The summed E-state index contributed by atoms with van der Waals surface area (Å²) in [6.07, 6.45) is 4.77. The van der Waals surface area contributed by atoms with E-state index in [1.807, 2.05) is 24.3 Å². The van der Waals surface area contributed by atoms with Crippen LogP contribution in [0.25, 0.3) is 6.08 Å². The monoisotopic (exact) mass is 220 g/mol. The fourth-order valence-corrected chi connectivity index (χ4v) is 1.53. The van der Waals surface area contributed by atoms with Gasteiger partial charge in [-0.25, -0.2) is 0 Å². The Morgan fingerprint density at radius 2 is 2.31 bits per heavy atom. The van der Waals surface area contributed by atoms with Crippen molar-refractivity contribution in [3.8, 4) is 5.75 Å². The predicted octanol–water partition coefficient (Wildman–Crippen LogP) is 3.26. The highest BCUT2D eigenvalue weighted by Gasteiger charge is 2.08. The Hall–Kier alpha value is -1.28. The Kier molecular flexibility index (Phi) is 5.65. The van der Waals surface area contributed by atoms with E-state index >= 15 is 0 Å². The summed E-state index contributed by atoms with van der Waals surface area (Å²) in [5.74, 6) is 0.799.